The molecule has 3 rings (SSSR count). The van der Waals surface area contributed by atoms with E-state index >= 15 is 0 Å². The third kappa shape index (κ3) is 4.48. The molecule has 0 spiro atoms. The Hall–Kier alpha value is -2.61. The topological polar surface area (TPSA) is 58.6 Å². The van der Waals surface area contributed by atoms with E-state index in [0.717, 1.165) is 12.2 Å². The Labute approximate surface area is 144 Å². The Morgan fingerprint density at radius 1 is 1.08 bits per heavy atom. The van der Waals surface area contributed by atoms with E-state index in [1.165, 1.54) is 18.3 Å². The fraction of sp³-hybridized carbons (Fsp3) is 0.353. The van der Waals surface area contributed by atoms with Gasteiger partial charge in [0.1, 0.15) is 5.56 Å². The molecule has 0 saturated carbocycles. The molecule has 25 heavy (non-hydrogen) atoms. The first-order chi connectivity index (χ1) is 12.1. The number of hydrogen-bond donors (Lipinski definition) is 0. The number of aromatic nitrogens is 2. The van der Waals surface area contributed by atoms with Crippen LogP contribution in [0.3, 0.4) is 0 Å². The van der Waals surface area contributed by atoms with Gasteiger partial charge in [0.2, 0.25) is 5.88 Å². The molecule has 2 aromatic rings. The molecular formula is C17H18F2N4O2. The number of amides is 1. The van der Waals surface area contributed by atoms with Crippen LogP contribution in [-0.2, 0) is 6.54 Å². The van der Waals surface area contributed by atoms with Gasteiger partial charge in [0, 0.05) is 45.1 Å². The molecule has 2 aromatic heterocycles. The molecule has 0 radical (unpaired) electrons. The zero-order valence-corrected chi connectivity index (χ0v) is 13.5. The van der Waals surface area contributed by atoms with E-state index in [1.807, 2.05) is 18.2 Å². The lowest BCUT2D eigenvalue weighted by Crippen LogP contribution is -2.48. The standard InChI is InChI=1S/C17H18F2N4O2/c18-17(19)25-15-14(5-3-7-21-15)16(24)23-10-8-22(9-11-23)12-13-4-1-2-6-20-13/h1-7,17H,8-12H2. The average molecular weight is 348 g/mol. The second-order valence-electron chi connectivity index (χ2n) is 5.62. The smallest absolute Gasteiger partial charge is 0.388 e. The van der Waals surface area contributed by atoms with Crippen LogP contribution in [0.1, 0.15) is 16.1 Å². The van der Waals surface area contributed by atoms with E-state index in [9.17, 15) is 13.6 Å². The highest BCUT2D eigenvalue weighted by Crippen LogP contribution is 2.20. The van der Waals surface area contributed by atoms with Gasteiger partial charge < -0.3 is 9.64 Å². The van der Waals surface area contributed by atoms with E-state index in [-0.39, 0.29) is 17.4 Å². The molecule has 1 fully saturated rings. The summed E-state index contributed by atoms with van der Waals surface area (Å²) in [5, 5.41) is 0. The molecule has 0 bridgehead atoms. The molecule has 0 N–H and O–H groups in total. The predicted octanol–water partition coefficient (Wildman–Crippen LogP) is 2.04. The van der Waals surface area contributed by atoms with Crippen molar-refractivity contribution in [1.29, 1.82) is 0 Å². The van der Waals surface area contributed by atoms with E-state index < -0.39 is 6.61 Å². The average Bonchev–Trinajstić information content (AvgIpc) is 2.63. The lowest BCUT2D eigenvalue weighted by molar-refractivity contribution is -0.0533. The lowest BCUT2D eigenvalue weighted by Gasteiger charge is -2.34. The molecule has 3 heterocycles. The highest BCUT2D eigenvalue weighted by atomic mass is 19.3. The highest BCUT2D eigenvalue weighted by Gasteiger charge is 2.25. The molecule has 1 aliphatic heterocycles. The number of carbonyl (C=O) groups is 1. The number of nitrogens with zero attached hydrogens (tertiary/aromatic N) is 4. The summed E-state index contributed by atoms with van der Waals surface area (Å²) in [6.07, 6.45) is 3.07. The second kappa shape index (κ2) is 7.98. The largest absolute Gasteiger partial charge is 0.416 e. The second-order valence-corrected chi connectivity index (χ2v) is 5.62. The van der Waals surface area contributed by atoms with Crippen molar-refractivity contribution >= 4 is 5.91 Å². The Balaban J connectivity index is 1.60. The van der Waals surface area contributed by atoms with Crippen LogP contribution in [0, 0.1) is 0 Å². The van der Waals surface area contributed by atoms with Gasteiger partial charge in [0.05, 0.1) is 5.69 Å². The summed E-state index contributed by atoms with van der Waals surface area (Å²) in [4.78, 5) is 24.5. The van der Waals surface area contributed by atoms with Gasteiger partial charge in [-0.25, -0.2) is 4.98 Å². The molecule has 6 nitrogen and oxygen atoms in total. The predicted molar refractivity (Wildman–Crippen MR) is 86.3 cm³/mol. The van der Waals surface area contributed by atoms with Crippen LogP contribution in [0.25, 0.3) is 0 Å². The van der Waals surface area contributed by atoms with Crippen LogP contribution in [-0.4, -0.2) is 58.5 Å². The van der Waals surface area contributed by atoms with Crippen molar-refractivity contribution in [2.24, 2.45) is 0 Å². The van der Waals surface area contributed by atoms with Crippen LogP contribution < -0.4 is 4.74 Å². The lowest BCUT2D eigenvalue weighted by atomic mass is 10.2. The monoisotopic (exact) mass is 348 g/mol. The molecule has 0 aliphatic carbocycles. The van der Waals surface area contributed by atoms with E-state index in [4.69, 9.17) is 0 Å². The van der Waals surface area contributed by atoms with Crippen molar-refractivity contribution in [3.63, 3.8) is 0 Å². The quantitative estimate of drug-likeness (QED) is 0.828. The van der Waals surface area contributed by atoms with Crippen LogP contribution in [0.4, 0.5) is 8.78 Å². The first-order valence-corrected chi connectivity index (χ1v) is 7.95. The van der Waals surface area contributed by atoms with Crippen molar-refractivity contribution < 1.29 is 18.3 Å². The van der Waals surface area contributed by atoms with Crippen LogP contribution in [0.2, 0.25) is 0 Å². The Morgan fingerprint density at radius 3 is 2.52 bits per heavy atom. The molecule has 1 saturated heterocycles. The highest BCUT2D eigenvalue weighted by molar-refractivity contribution is 5.96. The minimum atomic E-state index is -3.02. The van der Waals surface area contributed by atoms with E-state index in [1.54, 1.807) is 11.1 Å². The van der Waals surface area contributed by atoms with E-state index in [0.29, 0.717) is 26.2 Å². The van der Waals surface area contributed by atoms with Gasteiger partial charge in [-0.15, -0.1) is 0 Å². The van der Waals surface area contributed by atoms with Gasteiger partial charge in [-0.3, -0.25) is 14.7 Å². The Morgan fingerprint density at radius 2 is 1.84 bits per heavy atom. The van der Waals surface area contributed by atoms with Gasteiger partial charge in [0.25, 0.3) is 5.91 Å². The zero-order valence-electron chi connectivity index (χ0n) is 13.5. The number of halogens is 2. The van der Waals surface area contributed by atoms with Gasteiger partial charge in [-0.2, -0.15) is 8.78 Å². The Kier molecular flexibility index (Phi) is 5.49. The van der Waals surface area contributed by atoms with Crippen LogP contribution in [0.5, 0.6) is 5.88 Å². The first-order valence-electron chi connectivity index (χ1n) is 7.95. The van der Waals surface area contributed by atoms with Gasteiger partial charge in [-0.1, -0.05) is 6.07 Å². The summed E-state index contributed by atoms with van der Waals surface area (Å²) in [6.45, 7) is 0.0942. The number of ether oxygens (including phenoxy) is 1. The molecule has 0 unspecified atom stereocenters. The van der Waals surface area contributed by atoms with Crippen molar-refractivity contribution in [3.8, 4) is 5.88 Å². The van der Waals surface area contributed by atoms with Gasteiger partial charge in [0.15, 0.2) is 0 Å². The van der Waals surface area contributed by atoms with Gasteiger partial charge >= 0.3 is 6.61 Å². The first kappa shape index (κ1) is 17.2. The SMILES string of the molecule is O=C(c1cccnc1OC(F)F)N1CCN(Cc2ccccn2)CC1. The van der Waals surface area contributed by atoms with E-state index in [2.05, 4.69) is 19.6 Å². The van der Waals surface area contributed by atoms with Crippen LogP contribution in [0.15, 0.2) is 42.7 Å². The summed E-state index contributed by atoms with van der Waals surface area (Å²) < 4.78 is 29.3. The normalized spacial score (nSPS) is 15.4. The third-order valence-corrected chi connectivity index (χ3v) is 3.97. The fourth-order valence-electron chi connectivity index (χ4n) is 2.73. The Bertz CT molecular complexity index is 707. The maximum absolute atomic E-state index is 12.6. The molecular weight excluding hydrogens is 330 g/mol. The molecule has 0 atom stereocenters. The molecule has 8 heteroatoms. The minimum Gasteiger partial charge on any atom is -0.416 e. The number of hydrogen-bond acceptors (Lipinski definition) is 5. The van der Waals surface area contributed by atoms with Crippen molar-refractivity contribution in [2.75, 3.05) is 26.2 Å². The number of pyridine rings is 2. The van der Waals surface area contributed by atoms with Crippen LogP contribution >= 0.6 is 0 Å². The zero-order chi connectivity index (χ0) is 17.6. The molecule has 132 valence electrons. The summed E-state index contributed by atoms with van der Waals surface area (Å²) in [6, 6.07) is 8.75. The van der Waals surface area contributed by atoms with Gasteiger partial charge in [-0.05, 0) is 24.3 Å². The number of rotatable bonds is 5. The summed E-state index contributed by atoms with van der Waals surface area (Å²) >= 11 is 0. The molecule has 1 aliphatic rings. The van der Waals surface area contributed by atoms with Crippen molar-refractivity contribution in [2.45, 2.75) is 13.2 Å². The molecule has 0 aromatic carbocycles. The third-order valence-electron chi connectivity index (χ3n) is 3.97. The summed E-state index contributed by atoms with van der Waals surface area (Å²) in [7, 11) is 0. The fourth-order valence-corrected chi connectivity index (χ4v) is 2.73. The maximum Gasteiger partial charge on any atom is 0.388 e. The molecule has 1 amide bonds. The minimum absolute atomic E-state index is 0.0565. The number of piperazine rings is 1. The summed E-state index contributed by atoms with van der Waals surface area (Å²) in [5.74, 6) is -0.681. The maximum atomic E-state index is 12.6. The van der Waals surface area contributed by atoms with Crippen molar-refractivity contribution in [3.05, 3.63) is 54.0 Å². The number of carbonyl (C=O) groups excluding carboxylic acids is 1. The van der Waals surface area contributed by atoms with Crippen molar-refractivity contribution in [1.82, 2.24) is 19.8 Å². The number of alkyl halides is 2. The summed E-state index contributed by atoms with van der Waals surface area (Å²) in [5.41, 5.74) is 1.03.